The molecule has 0 bridgehead atoms. The maximum absolute atomic E-state index is 4.82. The van der Waals surface area contributed by atoms with Gasteiger partial charge in [-0.25, -0.2) is 4.99 Å². The smallest absolute Gasteiger partial charge is 0.191 e. The molecule has 0 atom stereocenters. The third-order valence-electron chi connectivity index (χ3n) is 5.58. The molecule has 1 aromatic carbocycles. The highest BCUT2D eigenvalue weighted by atomic mass is 15.3. The van der Waals surface area contributed by atoms with Crippen molar-refractivity contribution in [2.45, 2.75) is 46.2 Å². The van der Waals surface area contributed by atoms with Crippen molar-refractivity contribution in [1.82, 2.24) is 25.3 Å². The van der Waals surface area contributed by atoms with Crippen LogP contribution >= 0.6 is 0 Å². The molecule has 3 rings (SSSR count). The van der Waals surface area contributed by atoms with Crippen LogP contribution < -0.4 is 10.6 Å². The Labute approximate surface area is 175 Å². The zero-order chi connectivity index (χ0) is 20.3. The molecule has 1 fully saturated rings. The maximum atomic E-state index is 4.82. The molecule has 2 heterocycles. The lowest BCUT2D eigenvalue weighted by Gasteiger charge is -2.30. The highest BCUT2D eigenvalue weighted by Gasteiger charge is 2.14. The summed E-state index contributed by atoms with van der Waals surface area (Å²) < 4.78 is 1.95. The predicted molar refractivity (Wildman–Crippen MR) is 120 cm³/mol. The van der Waals surface area contributed by atoms with Crippen molar-refractivity contribution in [1.29, 1.82) is 0 Å². The predicted octanol–water partition coefficient (Wildman–Crippen LogP) is 3.11. The monoisotopic (exact) mass is 396 g/mol. The average molecular weight is 397 g/mol. The molecule has 0 saturated carbocycles. The molecule has 0 unspecified atom stereocenters. The fourth-order valence-electron chi connectivity index (χ4n) is 3.74. The molecular weight excluding hydrogens is 360 g/mol. The first-order valence-electron chi connectivity index (χ1n) is 11.0. The Hall–Kier alpha value is -2.34. The molecule has 2 aromatic rings. The third kappa shape index (κ3) is 7.20. The number of hydrogen-bond acceptors (Lipinski definition) is 3. The van der Waals surface area contributed by atoms with Crippen LogP contribution in [-0.2, 0) is 13.1 Å². The van der Waals surface area contributed by atoms with Gasteiger partial charge >= 0.3 is 0 Å². The molecule has 0 amide bonds. The van der Waals surface area contributed by atoms with E-state index in [1.807, 2.05) is 23.1 Å². The van der Waals surface area contributed by atoms with Crippen molar-refractivity contribution < 1.29 is 0 Å². The van der Waals surface area contributed by atoms with Gasteiger partial charge < -0.3 is 15.5 Å². The van der Waals surface area contributed by atoms with Gasteiger partial charge in [-0.2, -0.15) is 5.10 Å². The van der Waals surface area contributed by atoms with Crippen molar-refractivity contribution in [3.05, 3.63) is 53.9 Å². The molecular formula is C23H36N6. The van der Waals surface area contributed by atoms with Gasteiger partial charge in [0.1, 0.15) is 0 Å². The first-order chi connectivity index (χ1) is 14.2. The topological polar surface area (TPSA) is 57.5 Å². The van der Waals surface area contributed by atoms with E-state index >= 15 is 0 Å². The molecule has 0 spiro atoms. The highest BCUT2D eigenvalue weighted by Crippen LogP contribution is 2.15. The molecule has 1 aliphatic heterocycles. The van der Waals surface area contributed by atoms with Gasteiger partial charge in [0, 0.05) is 25.5 Å². The number of benzene rings is 1. The zero-order valence-electron chi connectivity index (χ0n) is 18.0. The number of aliphatic imine (C=N–C) groups is 1. The Kier molecular flexibility index (Phi) is 8.56. The summed E-state index contributed by atoms with van der Waals surface area (Å²) in [6.07, 6.45) is 7.65. The van der Waals surface area contributed by atoms with Gasteiger partial charge in [-0.05, 0) is 68.9 Å². The second-order valence-electron chi connectivity index (χ2n) is 7.97. The maximum Gasteiger partial charge on any atom is 0.191 e. The number of guanidine groups is 1. The molecule has 1 aromatic heterocycles. The van der Waals surface area contributed by atoms with Crippen LogP contribution in [-0.4, -0.2) is 53.4 Å². The van der Waals surface area contributed by atoms with Gasteiger partial charge in [-0.3, -0.25) is 4.68 Å². The van der Waals surface area contributed by atoms with E-state index in [9.17, 15) is 0 Å². The van der Waals surface area contributed by atoms with Crippen LogP contribution in [0.4, 0.5) is 0 Å². The second-order valence-corrected chi connectivity index (χ2v) is 7.97. The molecule has 158 valence electrons. The van der Waals surface area contributed by atoms with Gasteiger partial charge in [0.15, 0.2) is 5.96 Å². The molecule has 6 heteroatoms. The summed E-state index contributed by atoms with van der Waals surface area (Å²) in [6.45, 7) is 11.4. The Morgan fingerprint density at radius 2 is 1.93 bits per heavy atom. The summed E-state index contributed by atoms with van der Waals surface area (Å²) >= 11 is 0. The van der Waals surface area contributed by atoms with Crippen molar-refractivity contribution >= 4 is 5.96 Å². The molecule has 2 N–H and O–H groups in total. The van der Waals surface area contributed by atoms with Crippen molar-refractivity contribution in [3.8, 4) is 0 Å². The largest absolute Gasteiger partial charge is 0.357 e. The van der Waals surface area contributed by atoms with E-state index in [4.69, 9.17) is 4.99 Å². The summed E-state index contributed by atoms with van der Waals surface area (Å²) in [7, 11) is 0. The van der Waals surface area contributed by atoms with Crippen LogP contribution in [0.2, 0.25) is 0 Å². The lowest BCUT2D eigenvalue weighted by atomic mass is 9.99. The summed E-state index contributed by atoms with van der Waals surface area (Å²) in [4.78, 5) is 7.41. The van der Waals surface area contributed by atoms with E-state index in [1.54, 1.807) is 0 Å². The van der Waals surface area contributed by atoms with E-state index in [1.165, 1.54) is 43.6 Å². The van der Waals surface area contributed by atoms with Crippen LogP contribution in [0, 0.1) is 5.92 Å². The normalized spacial score (nSPS) is 16.1. The summed E-state index contributed by atoms with van der Waals surface area (Å²) in [5.74, 6) is 1.79. The quantitative estimate of drug-likeness (QED) is 0.388. The second kappa shape index (κ2) is 11.6. The minimum atomic E-state index is 0.663. The molecule has 6 nitrogen and oxygen atoms in total. The highest BCUT2D eigenvalue weighted by molar-refractivity contribution is 5.79. The Balaban J connectivity index is 1.49. The fraction of sp³-hybridized carbons (Fsp3) is 0.565. The van der Waals surface area contributed by atoms with Gasteiger partial charge in [-0.1, -0.05) is 31.2 Å². The SMILES string of the molecule is CCNC(=NCc1ccccc1Cn1cccn1)NCCCN1CCC(C)CC1. The number of nitrogens with one attached hydrogen (secondary N) is 2. The van der Waals surface area contributed by atoms with Gasteiger partial charge in [-0.15, -0.1) is 0 Å². The number of aromatic nitrogens is 2. The third-order valence-corrected chi connectivity index (χ3v) is 5.58. The average Bonchev–Trinajstić information content (AvgIpc) is 3.24. The Bertz CT molecular complexity index is 732. The van der Waals surface area contributed by atoms with Crippen LogP contribution in [0.15, 0.2) is 47.7 Å². The van der Waals surface area contributed by atoms with E-state index in [2.05, 4.69) is 58.7 Å². The van der Waals surface area contributed by atoms with Crippen molar-refractivity contribution in [3.63, 3.8) is 0 Å². The fourth-order valence-corrected chi connectivity index (χ4v) is 3.74. The number of piperidine rings is 1. The van der Waals surface area contributed by atoms with E-state index < -0.39 is 0 Å². The zero-order valence-corrected chi connectivity index (χ0v) is 18.0. The van der Waals surface area contributed by atoms with Crippen LogP contribution in [0.3, 0.4) is 0 Å². The minimum absolute atomic E-state index is 0.663. The number of nitrogens with zero attached hydrogens (tertiary/aromatic N) is 4. The lowest BCUT2D eigenvalue weighted by molar-refractivity contribution is 0.191. The molecule has 0 radical (unpaired) electrons. The van der Waals surface area contributed by atoms with Crippen molar-refractivity contribution in [2.24, 2.45) is 10.9 Å². The Morgan fingerprint density at radius 1 is 1.14 bits per heavy atom. The number of likely N-dealkylation sites (tertiary alicyclic amines) is 1. The first-order valence-corrected chi connectivity index (χ1v) is 11.0. The summed E-state index contributed by atoms with van der Waals surface area (Å²) in [5, 5.41) is 11.2. The molecule has 1 aliphatic rings. The van der Waals surface area contributed by atoms with Gasteiger partial charge in [0.2, 0.25) is 0 Å². The summed E-state index contributed by atoms with van der Waals surface area (Å²) in [6, 6.07) is 10.4. The molecule has 1 saturated heterocycles. The van der Waals surface area contributed by atoms with E-state index in [0.29, 0.717) is 6.54 Å². The van der Waals surface area contributed by atoms with Crippen molar-refractivity contribution in [2.75, 3.05) is 32.7 Å². The number of hydrogen-bond donors (Lipinski definition) is 2. The molecule has 0 aliphatic carbocycles. The summed E-state index contributed by atoms with van der Waals surface area (Å²) in [5.41, 5.74) is 2.50. The van der Waals surface area contributed by atoms with Gasteiger partial charge in [0.05, 0.1) is 13.1 Å². The standard InChI is InChI=1S/C23H36N6/c1-3-24-23(25-12-6-14-28-16-10-20(2)11-17-28)26-18-21-8-4-5-9-22(21)19-29-15-7-13-27-29/h4-5,7-9,13,15,20H,3,6,10-12,14,16-19H2,1-2H3,(H2,24,25,26). The first kappa shape index (κ1) is 21.4. The minimum Gasteiger partial charge on any atom is -0.357 e. The van der Waals surface area contributed by atoms with Crippen LogP contribution in [0.25, 0.3) is 0 Å². The van der Waals surface area contributed by atoms with Crippen LogP contribution in [0.5, 0.6) is 0 Å². The number of rotatable bonds is 9. The van der Waals surface area contributed by atoms with E-state index in [-0.39, 0.29) is 0 Å². The van der Waals surface area contributed by atoms with Crippen LogP contribution in [0.1, 0.15) is 44.2 Å². The van der Waals surface area contributed by atoms with Gasteiger partial charge in [0.25, 0.3) is 0 Å². The van der Waals surface area contributed by atoms with E-state index in [0.717, 1.165) is 37.9 Å². The Morgan fingerprint density at radius 3 is 2.66 bits per heavy atom. The lowest BCUT2D eigenvalue weighted by Crippen LogP contribution is -2.39. The molecule has 29 heavy (non-hydrogen) atoms.